The van der Waals surface area contributed by atoms with Crippen LogP contribution in [0.25, 0.3) is 16.7 Å². The van der Waals surface area contributed by atoms with Gasteiger partial charge in [-0.1, -0.05) is 41.6 Å². The van der Waals surface area contributed by atoms with E-state index in [0.717, 1.165) is 33.1 Å². The first-order valence-corrected chi connectivity index (χ1v) is 8.56. The number of rotatable bonds is 3. The highest BCUT2D eigenvalue weighted by Crippen LogP contribution is 2.28. The number of aryl methyl sites for hydroxylation is 1. The van der Waals surface area contributed by atoms with Crippen LogP contribution in [0.1, 0.15) is 11.4 Å². The molecule has 0 N–H and O–H groups in total. The Labute approximate surface area is 142 Å². The van der Waals surface area contributed by atoms with Crippen molar-refractivity contribution in [3.8, 4) is 0 Å². The second-order valence-corrected chi connectivity index (χ2v) is 6.49. The van der Waals surface area contributed by atoms with Crippen LogP contribution >= 0.6 is 23.4 Å². The van der Waals surface area contributed by atoms with Gasteiger partial charge in [0, 0.05) is 11.9 Å². The van der Waals surface area contributed by atoms with Crippen LogP contribution < -0.4 is 0 Å². The summed E-state index contributed by atoms with van der Waals surface area (Å²) in [4.78, 5) is 13.9. The Kier molecular flexibility index (Phi) is 3.67. The van der Waals surface area contributed by atoms with E-state index in [0.29, 0.717) is 10.9 Å². The number of hydrogen-bond acceptors (Lipinski definition) is 4. The standard InChI is InChI=1S/C17H13ClN4S/c1-11-17(21-13-7-3-2-6-12(13)19-11)23-10-14-16(18)22-9-5-4-8-15(22)20-14/h2-9H,10H2,1H3. The van der Waals surface area contributed by atoms with Crippen molar-refractivity contribution in [2.24, 2.45) is 0 Å². The average molecular weight is 341 g/mol. The van der Waals surface area contributed by atoms with Crippen molar-refractivity contribution < 1.29 is 0 Å². The molecular formula is C17H13ClN4S. The van der Waals surface area contributed by atoms with Crippen molar-refractivity contribution in [2.45, 2.75) is 17.7 Å². The molecule has 0 unspecified atom stereocenters. The van der Waals surface area contributed by atoms with Crippen molar-refractivity contribution in [1.29, 1.82) is 0 Å². The number of pyridine rings is 1. The van der Waals surface area contributed by atoms with Gasteiger partial charge in [-0.3, -0.25) is 4.40 Å². The van der Waals surface area contributed by atoms with Gasteiger partial charge in [-0.05, 0) is 31.2 Å². The monoisotopic (exact) mass is 340 g/mol. The van der Waals surface area contributed by atoms with E-state index in [1.165, 1.54) is 0 Å². The predicted molar refractivity (Wildman–Crippen MR) is 94.0 cm³/mol. The first-order valence-electron chi connectivity index (χ1n) is 7.20. The van der Waals surface area contributed by atoms with Crippen LogP contribution in [0.5, 0.6) is 0 Å². The van der Waals surface area contributed by atoms with Gasteiger partial charge in [-0.15, -0.1) is 0 Å². The number of aromatic nitrogens is 4. The number of hydrogen-bond donors (Lipinski definition) is 0. The second kappa shape index (κ2) is 5.83. The molecule has 3 heterocycles. The molecular weight excluding hydrogens is 328 g/mol. The zero-order valence-corrected chi connectivity index (χ0v) is 14.0. The predicted octanol–water partition coefficient (Wildman–Crippen LogP) is 4.53. The maximum Gasteiger partial charge on any atom is 0.138 e. The lowest BCUT2D eigenvalue weighted by Crippen LogP contribution is -1.93. The Balaban J connectivity index is 1.65. The lowest BCUT2D eigenvalue weighted by Gasteiger charge is -2.05. The summed E-state index contributed by atoms with van der Waals surface area (Å²) in [6.07, 6.45) is 1.92. The summed E-state index contributed by atoms with van der Waals surface area (Å²) in [5.74, 6) is 0.661. The summed E-state index contributed by atoms with van der Waals surface area (Å²) < 4.78 is 1.89. The molecule has 23 heavy (non-hydrogen) atoms. The maximum absolute atomic E-state index is 6.41. The minimum atomic E-state index is 0.652. The molecule has 0 bridgehead atoms. The van der Waals surface area contributed by atoms with Crippen LogP contribution in [0.2, 0.25) is 5.15 Å². The van der Waals surface area contributed by atoms with Gasteiger partial charge in [-0.25, -0.2) is 15.0 Å². The van der Waals surface area contributed by atoms with Crippen molar-refractivity contribution in [3.05, 3.63) is 65.2 Å². The van der Waals surface area contributed by atoms with E-state index in [-0.39, 0.29) is 0 Å². The van der Waals surface area contributed by atoms with Crippen LogP contribution in [0.15, 0.2) is 53.7 Å². The van der Waals surface area contributed by atoms with Gasteiger partial charge in [0.15, 0.2) is 0 Å². The van der Waals surface area contributed by atoms with Gasteiger partial charge < -0.3 is 0 Å². The van der Waals surface area contributed by atoms with Gasteiger partial charge in [-0.2, -0.15) is 0 Å². The highest BCUT2D eigenvalue weighted by molar-refractivity contribution is 7.98. The lowest BCUT2D eigenvalue weighted by molar-refractivity contribution is 1.04. The van der Waals surface area contributed by atoms with Crippen LogP contribution in [0.3, 0.4) is 0 Å². The van der Waals surface area contributed by atoms with E-state index < -0.39 is 0 Å². The van der Waals surface area contributed by atoms with Gasteiger partial charge in [0.25, 0.3) is 0 Å². The summed E-state index contributed by atoms with van der Waals surface area (Å²) >= 11 is 8.02. The molecule has 0 spiro atoms. The summed E-state index contributed by atoms with van der Waals surface area (Å²) in [7, 11) is 0. The molecule has 3 aromatic heterocycles. The normalized spacial score (nSPS) is 11.4. The molecule has 6 heteroatoms. The fourth-order valence-corrected chi connectivity index (χ4v) is 3.68. The van der Waals surface area contributed by atoms with Gasteiger partial charge in [0.05, 0.1) is 22.4 Å². The van der Waals surface area contributed by atoms with Gasteiger partial charge in [0.1, 0.15) is 15.8 Å². The quantitative estimate of drug-likeness (QED) is 0.514. The van der Waals surface area contributed by atoms with Crippen LogP contribution in [0.4, 0.5) is 0 Å². The molecule has 0 saturated carbocycles. The van der Waals surface area contributed by atoms with Gasteiger partial charge >= 0.3 is 0 Å². The molecule has 0 atom stereocenters. The molecule has 0 aliphatic rings. The largest absolute Gasteiger partial charge is 0.290 e. The fraction of sp³-hybridized carbons (Fsp3) is 0.118. The van der Waals surface area contributed by atoms with Crippen LogP contribution in [-0.4, -0.2) is 19.4 Å². The SMILES string of the molecule is Cc1nc2ccccc2nc1SCc1nc2ccccn2c1Cl. The molecule has 0 aliphatic carbocycles. The van der Waals surface area contributed by atoms with Crippen molar-refractivity contribution in [2.75, 3.05) is 0 Å². The smallest absolute Gasteiger partial charge is 0.138 e. The molecule has 4 rings (SSSR count). The van der Waals surface area contributed by atoms with E-state index in [4.69, 9.17) is 16.6 Å². The number of imidazole rings is 1. The summed E-state index contributed by atoms with van der Waals surface area (Å²) in [5.41, 5.74) is 4.46. The van der Waals surface area contributed by atoms with Crippen LogP contribution in [-0.2, 0) is 5.75 Å². The Morgan fingerprint density at radius 3 is 2.52 bits per heavy atom. The molecule has 0 amide bonds. The molecule has 0 radical (unpaired) electrons. The highest BCUT2D eigenvalue weighted by atomic mass is 35.5. The van der Waals surface area contributed by atoms with E-state index in [9.17, 15) is 0 Å². The number of para-hydroxylation sites is 2. The van der Waals surface area contributed by atoms with E-state index in [1.54, 1.807) is 11.8 Å². The lowest BCUT2D eigenvalue weighted by atomic mass is 10.3. The van der Waals surface area contributed by atoms with E-state index in [2.05, 4.69) is 9.97 Å². The molecule has 0 saturated heterocycles. The Morgan fingerprint density at radius 1 is 1.00 bits per heavy atom. The van der Waals surface area contributed by atoms with E-state index in [1.807, 2.05) is 60.0 Å². The highest BCUT2D eigenvalue weighted by Gasteiger charge is 2.12. The number of thioether (sulfide) groups is 1. The summed E-state index contributed by atoms with van der Waals surface area (Å²) in [5, 5.41) is 1.57. The third-order valence-corrected chi connectivity index (χ3v) is 5.06. The number of fused-ring (bicyclic) bond motifs is 2. The topological polar surface area (TPSA) is 43.1 Å². The average Bonchev–Trinajstić information content (AvgIpc) is 2.89. The molecule has 114 valence electrons. The Hall–Kier alpha value is -2.11. The van der Waals surface area contributed by atoms with Gasteiger partial charge in [0.2, 0.25) is 0 Å². The minimum absolute atomic E-state index is 0.652. The number of halogens is 1. The van der Waals surface area contributed by atoms with Crippen molar-refractivity contribution in [3.63, 3.8) is 0 Å². The molecule has 0 aliphatic heterocycles. The molecule has 0 fully saturated rings. The fourth-order valence-electron chi connectivity index (χ4n) is 2.45. The molecule has 4 aromatic rings. The third kappa shape index (κ3) is 2.66. The zero-order chi connectivity index (χ0) is 15.8. The Morgan fingerprint density at radius 2 is 1.74 bits per heavy atom. The number of benzene rings is 1. The first kappa shape index (κ1) is 14.5. The van der Waals surface area contributed by atoms with Crippen molar-refractivity contribution >= 4 is 40.0 Å². The molecule has 1 aromatic carbocycles. The maximum atomic E-state index is 6.41. The van der Waals surface area contributed by atoms with Crippen LogP contribution in [0, 0.1) is 6.92 Å². The summed E-state index contributed by atoms with van der Waals surface area (Å²) in [6.45, 7) is 1.98. The number of nitrogens with zero attached hydrogens (tertiary/aromatic N) is 4. The van der Waals surface area contributed by atoms with E-state index >= 15 is 0 Å². The van der Waals surface area contributed by atoms with Crippen molar-refractivity contribution in [1.82, 2.24) is 19.4 Å². The third-order valence-electron chi connectivity index (χ3n) is 3.58. The minimum Gasteiger partial charge on any atom is -0.290 e. The molecule has 4 nitrogen and oxygen atoms in total. The first-order chi connectivity index (χ1) is 11.2. The zero-order valence-electron chi connectivity index (χ0n) is 12.4. The Bertz CT molecular complexity index is 1010. The second-order valence-electron chi connectivity index (χ2n) is 5.17. The summed E-state index contributed by atoms with van der Waals surface area (Å²) in [6, 6.07) is 13.7.